The SMILES string of the molecule is CC[C@H]1OC(=O)/C=C/[C@H](C)[C@@H](O[C@@H]2O[C@H](C)C[C@H](N(C)C)[C@H]2O)[C@@H](C)C[C@@H](C)C(=O)/C=C/C=C/[C@@H]1CO. The quantitative estimate of drug-likeness (QED) is 0.531. The summed E-state index contributed by atoms with van der Waals surface area (Å²) in [7, 11) is 3.85. The number of carbonyl (C=O) groups excluding carboxylic acids is 2. The van der Waals surface area contributed by atoms with E-state index in [9.17, 15) is 19.8 Å². The Bertz CT molecular complexity index is 823. The van der Waals surface area contributed by atoms with E-state index in [1.807, 2.05) is 53.6 Å². The second-order valence-electron chi connectivity index (χ2n) is 10.9. The molecule has 0 aliphatic carbocycles. The maximum absolute atomic E-state index is 12.8. The lowest BCUT2D eigenvalue weighted by Crippen LogP contribution is -2.55. The number of allylic oxidation sites excluding steroid dienone is 3. The van der Waals surface area contributed by atoms with Crippen LogP contribution >= 0.6 is 0 Å². The molecule has 0 unspecified atom stereocenters. The molecule has 0 aromatic rings. The standard InChI is InChI=1S/C29H47NO7/c1-8-25-22(17-31)11-9-10-12-24(32)19(3)15-20(4)28(18(2)13-14-26(33)36-25)37-29-27(34)23(30(6)7)16-21(5)35-29/h9-14,18-23,25,27-29,31,34H,8,15-17H2,1-7H3/b11-9+,12-10+,14-13+/t18-,19+,20-,21+,22+,23-,25+,27+,28+,29-/m0/s1. The van der Waals surface area contributed by atoms with Gasteiger partial charge >= 0.3 is 5.97 Å². The van der Waals surface area contributed by atoms with Crippen molar-refractivity contribution in [1.82, 2.24) is 4.90 Å². The van der Waals surface area contributed by atoms with Crippen LogP contribution in [0, 0.1) is 23.7 Å². The second kappa shape index (κ2) is 14.9. The fourth-order valence-corrected chi connectivity index (χ4v) is 5.22. The van der Waals surface area contributed by atoms with Crippen molar-refractivity contribution in [2.45, 2.75) is 90.6 Å². The number of ether oxygens (including phenoxy) is 3. The van der Waals surface area contributed by atoms with Crippen LogP contribution in [0.3, 0.4) is 0 Å². The van der Waals surface area contributed by atoms with Crippen molar-refractivity contribution in [2.75, 3.05) is 20.7 Å². The summed E-state index contributed by atoms with van der Waals surface area (Å²) in [5.74, 6) is -1.41. The smallest absolute Gasteiger partial charge is 0.330 e. The van der Waals surface area contributed by atoms with Crippen molar-refractivity contribution in [3.8, 4) is 0 Å². The number of hydrogen-bond donors (Lipinski definition) is 2. The van der Waals surface area contributed by atoms with Gasteiger partial charge in [0.2, 0.25) is 0 Å². The molecule has 0 amide bonds. The molecule has 0 bridgehead atoms. The number of aliphatic hydroxyl groups excluding tert-OH is 2. The monoisotopic (exact) mass is 521 g/mol. The van der Waals surface area contributed by atoms with Gasteiger partial charge in [-0.2, -0.15) is 0 Å². The molecule has 2 heterocycles. The van der Waals surface area contributed by atoms with E-state index in [1.54, 1.807) is 24.3 Å². The third-order valence-corrected chi connectivity index (χ3v) is 7.48. The minimum atomic E-state index is -0.839. The highest BCUT2D eigenvalue weighted by Crippen LogP contribution is 2.31. The summed E-state index contributed by atoms with van der Waals surface area (Å²) in [6, 6.07) is -0.111. The lowest BCUT2D eigenvalue weighted by atomic mass is 9.84. The normalized spacial score (nSPS) is 41.2. The largest absolute Gasteiger partial charge is 0.459 e. The van der Waals surface area contributed by atoms with E-state index in [-0.39, 0.29) is 48.2 Å². The number of esters is 1. The van der Waals surface area contributed by atoms with Crippen molar-refractivity contribution >= 4 is 11.8 Å². The minimum Gasteiger partial charge on any atom is -0.459 e. The topological polar surface area (TPSA) is 106 Å². The highest BCUT2D eigenvalue weighted by atomic mass is 16.7. The molecule has 2 aliphatic rings. The van der Waals surface area contributed by atoms with Gasteiger partial charge in [-0.15, -0.1) is 0 Å². The molecule has 2 rings (SSSR count). The summed E-state index contributed by atoms with van der Waals surface area (Å²) in [4.78, 5) is 27.4. The van der Waals surface area contributed by atoms with Crippen LogP contribution in [0.4, 0.5) is 0 Å². The summed E-state index contributed by atoms with van der Waals surface area (Å²) >= 11 is 0. The number of aliphatic hydroxyl groups is 2. The summed E-state index contributed by atoms with van der Waals surface area (Å²) in [6.45, 7) is 9.54. The summed E-state index contributed by atoms with van der Waals surface area (Å²) in [5.41, 5.74) is 0. The number of hydrogen-bond acceptors (Lipinski definition) is 8. The minimum absolute atomic E-state index is 0.000183. The van der Waals surface area contributed by atoms with Gasteiger partial charge in [0.15, 0.2) is 12.1 Å². The Morgan fingerprint density at radius 3 is 2.38 bits per heavy atom. The maximum atomic E-state index is 12.8. The fourth-order valence-electron chi connectivity index (χ4n) is 5.22. The molecule has 8 nitrogen and oxygen atoms in total. The van der Waals surface area contributed by atoms with Crippen LogP contribution in [0.2, 0.25) is 0 Å². The van der Waals surface area contributed by atoms with Gasteiger partial charge in [-0.3, -0.25) is 4.79 Å². The molecule has 0 radical (unpaired) electrons. The molecule has 0 saturated carbocycles. The lowest BCUT2D eigenvalue weighted by Gasteiger charge is -2.43. The highest BCUT2D eigenvalue weighted by molar-refractivity contribution is 5.91. The molecule has 0 aromatic heterocycles. The Hall–Kier alpha value is -1.84. The molecule has 1 fully saturated rings. The van der Waals surface area contributed by atoms with E-state index in [1.165, 1.54) is 12.2 Å². The number of cyclic esters (lactones) is 1. The zero-order chi connectivity index (χ0) is 27.7. The first kappa shape index (κ1) is 31.4. The third-order valence-electron chi connectivity index (χ3n) is 7.48. The van der Waals surface area contributed by atoms with Crippen LogP contribution in [0.15, 0.2) is 36.5 Å². The maximum Gasteiger partial charge on any atom is 0.330 e. The summed E-state index contributed by atoms with van der Waals surface area (Å²) in [6.07, 6.45) is 8.95. The molecule has 2 aliphatic heterocycles. The highest BCUT2D eigenvalue weighted by Gasteiger charge is 2.40. The lowest BCUT2D eigenvalue weighted by molar-refractivity contribution is -0.277. The van der Waals surface area contributed by atoms with E-state index in [2.05, 4.69) is 0 Å². The van der Waals surface area contributed by atoms with E-state index in [0.717, 1.165) is 0 Å². The van der Waals surface area contributed by atoms with Gasteiger partial charge < -0.3 is 29.3 Å². The van der Waals surface area contributed by atoms with Crippen molar-refractivity contribution in [3.05, 3.63) is 36.5 Å². The van der Waals surface area contributed by atoms with Crippen molar-refractivity contribution in [2.24, 2.45) is 23.7 Å². The number of carbonyl (C=O) groups is 2. The Kier molecular flexibility index (Phi) is 12.7. The molecular formula is C29H47NO7. The van der Waals surface area contributed by atoms with E-state index in [4.69, 9.17) is 14.2 Å². The van der Waals surface area contributed by atoms with Gasteiger partial charge in [0.1, 0.15) is 12.2 Å². The van der Waals surface area contributed by atoms with E-state index in [0.29, 0.717) is 19.3 Å². The third kappa shape index (κ3) is 9.14. The number of ketones is 1. The Morgan fingerprint density at radius 1 is 1.05 bits per heavy atom. The zero-order valence-corrected chi connectivity index (χ0v) is 23.4. The Morgan fingerprint density at radius 2 is 1.76 bits per heavy atom. The molecule has 37 heavy (non-hydrogen) atoms. The van der Waals surface area contributed by atoms with Gasteiger partial charge in [-0.05, 0) is 52.3 Å². The van der Waals surface area contributed by atoms with Gasteiger partial charge in [-0.1, -0.05) is 52.0 Å². The fraction of sp³-hybridized carbons (Fsp3) is 0.724. The molecule has 0 aromatic carbocycles. The van der Waals surface area contributed by atoms with E-state index < -0.39 is 30.6 Å². The molecule has 210 valence electrons. The first-order valence-corrected chi connectivity index (χ1v) is 13.5. The average molecular weight is 522 g/mol. The molecule has 0 spiro atoms. The van der Waals surface area contributed by atoms with E-state index >= 15 is 0 Å². The number of likely N-dealkylation sites (N-methyl/N-ethyl adjacent to an activating group) is 1. The first-order chi connectivity index (χ1) is 17.5. The van der Waals surface area contributed by atoms with Crippen LogP contribution in [-0.2, 0) is 23.8 Å². The summed E-state index contributed by atoms with van der Waals surface area (Å²) in [5, 5.41) is 20.8. The van der Waals surface area contributed by atoms with Crippen molar-refractivity contribution in [3.63, 3.8) is 0 Å². The van der Waals surface area contributed by atoms with Crippen molar-refractivity contribution < 1.29 is 34.0 Å². The average Bonchev–Trinajstić information content (AvgIpc) is 2.85. The van der Waals surface area contributed by atoms with Crippen molar-refractivity contribution in [1.29, 1.82) is 0 Å². The molecule has 8 heteroatoms. The Balaban J connectivity index is 2.35. The summed E-state index contributed by atoms with van der Waals surface area (Å²) < 4.78 is 18.1. The van der Waals surface area contributed by atoms with Gasteiger partial charge in [0, 0.05) is 29.9 Å². The number of nitrogens with zero attached hydrogens (tertiary/aromatic N) is 1. The van der Waals surface area contributed by atoms with Crippen LogP contribution in [-0.4, -0.2) is 84.3 Å². The predicted molar refractivity (Wildman–Crippen MR) is 143 cm³/mol. The van der Waals surface area contributed by atoms with Gasteiger partial charge in [0.05, 0.1) is 18.8 Å². The second-order valence-corrected chi connectivity index (χ2v) is 10.9. The van der Waals surface area contributed by atoms with Crippen LogP contribution in [0.5, 0.6) is 0 Å². The first-order valence-electron chi connectivity index (χ1n) is 13.5. The van der Waals surface area contributed by atoms with Crippen LogP contribution < -0.4 is 0 Å². The molecular weight excluding hydrogens is 474 g/mol. The van der Waals surface area contributed by atoms with Crippen LogP contribution in [0.25, 0.3) is 0 Å². The Labute approximate surface area is 222 Å². The van der Waals surface area contributed by atoms with Gasteiger partial charge in [-0.25, -0.2) is 4.79 Å². The van der Waals surface area contributed by atoms with Gasteiger partial charge in [0.25, 0.3) is 0 Å². The number of rotatable bonds is 5. The van der Waals surface area contributed by atoms with Crippen LogP contribution in [0.1, 0.15) is 53.9 Å². The predicted octanol–water partition coefficient (Wildman–Crippen LogP) is 3.28. The zero-order valence-electron chi connectivity index (χ0n) is 23.4. The molecule has 1 saturated heterocycles. The molecule has 2 N–H and O–H groups in total. The molecule has 10 atom stereocenters.